The SMILES string of the molecule is CC/C=C\C/C=C\C/C=C\C/C=C\CCCCCCCCC(=O)OC(COC(=O)CCCCCCCCCCC/C=C\C/C=C\CCCCCCC)COC(=O)CCCCCCCCCCCCCCCCCC. The van der Waals surface area contributed by atoms with Gasteiger partial charge in [0.15, 0.2) is 6.10 Å². The van der Waals surface area contributed by atoms with E-state index in [1.54, 1.807) is 0 Å². The lowest BCUT2D eigenvalue weighted by Crippen LogP contribution is -2.30. The first-order valence-electron chi connectivity index (χ1n) is 31.9. The molecule has 1 atom stereocenters. The van der Waals surface area contributed by atoms with E-state index in [9.17, 15) is 14.4 Å². The van der Waals surface area contributed by atoms with Crippen LogP contribution in [0.5, 0.6) is 0 Å². The standard InChI is InChI=1S/C68H120O6/c1-4-7-10-13-16-19-22-25-28-31-33-34-36-37-40-43-46-49-52-55-58-61-67(70)73-64-65(63-72-66(69)60-57-54-51-48-45-42-39-30-27-24-21-18-15-12-9-6-3)74-68(71)62-59-56-53-50-47-44-41-38-35-32-29-26-23-20-17-14-11-8-5-2/h8,11,17,20,22,25-26,29,31,33,35,38,65H,4-7,9-10,12-16,18-19,21,23-24,27-28,30,32,34,36-37,39-64H2,1-3H3/b11-8-,20-17-,25-22-,29-26-,33-31-,38-35-. The van der Waals surface area contributed by atoms with Crippen LogP contribution in [0.3, 0.4) is 0 Å². The highest BCUT2D eigenvalue weighted by Gasteiger charge is 2.19. The van der Waals surface area contributed by atoms with Gasteiger partial charge in [-0.2, -0.15) is 0 Å². The van der Waals surface area contributed by atoms with Gasteiger partial charge in [-0.25, -0.2) is 0 Å². The fourth-order valence-corrected chi connectivity index (χ4v) is 9.17. The van der Waals surface area contributed by atoms with Gasteiger partial charge < -0.3 is 14.2 Å². The van der Waals surface area contributed by atoms with E-state index in [0.717, 1.165) is 103 Å². The molecule has 0 heterocycles. The normalized spacial score (nSPS) is 12.5. The third-order valence-electron chi connectivity index (χ3n) is 13.9. The predicted octanol–water partition coefficient (Wildman–Crippen LogP) is 21.7. The van der Waals surface area contributed by atoms with Crippen molar-refractivity contribution in [1.29, 1.82) is 0 Å². The van der Waals surface area contributed by atoms with E-state index >= 15 is 0 Å². The molecule has 6 nitrogen and oxygen atoms in total. The number of carbonyl (C=O) groups excluding carboxylic acids is 3. The number of esters is 3. The molecule has 0 bridgehead atoms. The van der Waals surface area contributed by atoms with Gasteiger partial charge in [0, 0.05) is 19.3 Å². The lowest BCUT2D eigenvalue weighted by molar-refractivity contribution is -0.167. The lowest BCUT2D eigenvalue weighted by Gasteiger charge is -2.18. The molecule has 0 saturated heterocycles. The minimum atomic E-state index is -0.785. The summed E-state index contributed by atoms with van der Waals surface area (Å²) in [5.74, 6) is -0.882. The zero-order valence-electron chi connectivity index (χ0n) is 49.1. The Bertz CT molecular complexity index is 1370. The van der Waals surface area contributed by atoms with Gasteiger partial charge in [0.05, 0.1) is 0 Å². The van der Waals surface area contributed by atoms with Gasteiger partial charge in [0.25, 0.3) is 0 Å². The molecule has 0 rings (SSSR count). The maximum atomic E-state index is 12.9. The second-order valence-electron chi connectivity index (χ2n) is 21.3. The van der Waals surface area contributed by atoms with Gasteiger partial charge in [-0.1, -0.05) is 286 Å². The Morgan fingerprint density at radius 1 is 0.284 bits per heavy atom. The Labute approximate surface area is 459 Å². The molecule has 0 amide bonds. The summed E-state index contributed by atoms with van der Waals surface area (Å²) >= 11 is 0. The van der Waals surface area contributed by atoms with Crippen LogP contribution in [0.15, 0.2) is 72.9 Å². The summed E-state index contributed by atoms with van der Waals surface area (Å²) in [7, 11) is 0. The third kappa shape index (κ3) is 59.7. The average Bonchev–Trinajstić information content (AvgIpc) is 3.40. The Morgan fingerprint density at radius 2 is 0.527 bits per heavy atom. The average molecular weight is 1030 g/mol. The molecule has 0 aromatic carbocycles. The molecule has 0 fully saturated rings. The summed E-state index contributed by atoms with van der Waals surface area (Å²) in [5, 5.41) is 0. The van der Waals surface area contributed by atoms with Crippen LogP contribution in [-0.4, -0.2) is 37.2 Å². The quantitative estimate of drug-likeness (QED) is 0.0261. The van der Waals surface area contributed by atoms with Crippen LogP contribution in [0.4, 0.5) is 0 Å². The molecule has 74 heavy (non-hydrogen) atoms. The minimum absolute atomic E-state index is 0.0797. The number of hydrogen-bond donors (Lipinski definition) is 0. The zero-order valence-corrected chi connectivity index (χ0v) is 49.1. The molecular weight excluding hydrogens is 913 g/mol. The molecule has 0 aromatic rings. The van der Waals surface area contributed by atoms with Crippen LogP contribution in [-0.2, 0) is 28.6 Å². The Morgan fingerprint density at radius 3 is 0.824 bits per heavy atom. The molecule has 6 heteroatoms. The first kappa shape index (κ1) is 70.8. The molecule has 0 aromatic heterocycles. The van der Waals surface area contributed by atoms with E-state index in [1.165, 1.54) is 180 Å². The number of rotatable bonds is 58. The van der Waals surface area contributed by atoms with Crippen LogP contribution >= 0.6 is 0 Å². The molecule has 0 spiro atoms. The Balaban J connectivity index is 4.38. The second kappa shape index (κ2) is 62.4. The van der Waals surface area contributed by atoms with Crippen LogP contribution < -0.4 is 0 Å². The molecular formula is C68H120O6. The minimum Gasteiger partial charge on any atom is -0.462 e. The van der Waals surface area contributed by atoms with E-state index in [4.69, 9.17) is 14.2 Å². The fourth-order valence-electron chi connectivity index (χ4n) is 9.17. The van der Waals surface area contributed by atoms with Crippen molar-refractivity contribution in [2.24, 2.45) is 0 Å². The van der Waals surface area contributed by atoms with Crippen LogP contribution in [0.25, 0.3) is 0 Å². The molecule has 1 unspecified atom stereocenters. The van der Waals surface area contributed by atoms with E-state index in [-0.39, 0.29) is 31.1 Å². The van der Waals surface area contributed by atoms with Gasteiger partial charge >= 0.3 is 17.9 Å². The summed E-state index contributed by atoms with van der Waals surface area (Å²) in [4.78, 5) is 38.3. The maximum Gasteiger partial charge on any atom is 0.306 e. The van der Waals surface area contributed by atoms with Gasteiger partial charge in [-0.05, 0) is 89.9 Å². The molecule has 0 aliphatic rings. The summed E-state index contributed by atoms with van der Waals surface area (Å²) in [6.07, 6.45) is 80.4. The largest absolute Gasteiger partial charge is 0.462 e. The predicted molar refractivity (Wildman–Crippen MR) is 321 cm³/mol. The molecule has 0 aliphatic carbocycles. The fraction of sp³-hybridized carbons (Fsp3) is 0.779. The second-order valence-corrected chi connectivity index (χ2v) is 21.3. The third-order valence-corrected chi connectivity index (χ3v) is 13.9. The maximum absolute atomic E-state index is 12.9. The monoisotopic (exact) mass is 1030 g/mol. The summed E-state index contributed by atoms with van der Waals surface area (Å²) in [5.41, 5.74) is 0. The van der Waals surface area contributed by atoms with Gasteiger partial charge in [-0.15, -0.1) is 0 Å². The van der Waals surface area contributed by atoms with Crippen molar-refractivity contribution in [3.8, 4) is 0 Å². The highest BCUT2D eigenvalue weighted by Crippen LogP contribution is 2.17. The number of unbranched alkanes of at least 4 members (excludes halogenated alkanes) is 35. The highest BCUT2D eigenvalue weighted by atomic mass is 16.6. The summed E-state index contributed by atoms with van der Waals surface area (Å²) < 4.78 is 16.9. The summed E-state index contributed by atoms with van der Waals surface area (Å²) in [6, 6.07) is 0. The number of ether oxygens (including phenoxy) is 3. The van der Waals surface area contributed by atoms with Crippen molar-refractivity contribution in [3.05, 3.63) is 72.9 Å². The molecule has 0 aliphatic heterocycles. The van der Waals surface area contributed by atoms with Crippen molar-refractivity contribution >= 4 is 17.9 Å². The van der Waals surface area contributed by atoms with Crippen LogP contribution in [0.1, 0.15) is 323 Å². The summed E-state index contributed by atoms with van der Waals surface area (Å²) in [6.45, 7) is 6.55. The highest BCUT2D eigenvalue weighted by molar-refractivity contribution is 5.71. The van der Waals surface area contributed by atoms with Crippen LogP contribution in [0.2, 0.25) is 0 Å². The first-order valence-corrected chi connectivity index (χ1v) is 31.9. The number of carbonyl (C=O) groups is 3. The molecule has 428 valence electrons. The molecule has 0 saturated carbocycles. The molecule has 0 radical (unpaired) electrons. The Hall–Kier alpha value is -3.15. The van der Waals surface area contributed by atoms with Crippen molar-refractivity contribution in [2.75, 3.05) is 13.2 Å². The molecule has 0 N–H and O–H groups in total. The number of allylic oxidation sites excluding steroid dienone is 12. The topological polar surface area (TPSA) is 78.9 Å². The Kier molecular flexibility index (Phi) is 59.7. The van der Waals surface area contributed by atoms with Crippen LogP contribution in [0, 0.1) is 0 Å². The van der Waals surface area contributed by atoms with Crippen molar-refractivity contribution < 1.29 is 28.6 Å². The van der Waals surface area contributed by atoms with E-state index in [0.29, 0.717) is 19.3 Å². The van der Waals surface area contributed by atoms with E-state index in [2.05, 4.69) is 93.7 Å². The van der Waals surface area contributed by atoms with Crippen molar-refractivity contribution in [1.82, 2.24) is 0 Å². The van der Waals surface area contributed by atoms with Crippen molar-refractivity contribution in [3.63, 3.8) is 0 Å². The van der Waals surface area contributed by atoms with Crippen molar-refractivity contribution in [2.45, 2.75) is 329 Å². The zero-order chi connectivity index (χ0) is 53.6. The van der Waals surface area contributed by atoms with Gasteiger partial charge in [-0.3, -0.25) is 14.4 Å². The van der Waals surface area contributed by atoms with E-state index < -0.39 is 6.10 Å². The smallest absolute Gasteiger partial charge is 0.306 e. The van der Waals surface area contributed by atoms with Gasteiger partial charge in [0.1, 0.15) is 13.2 Å². The first-order chi connectivity index (χ1) is 36.5. The van der Waals surface area contributed by atoms with Gasteiger partial charge in [0.2, 0.25) is 0 Å². The lowest BCUT2D eigenvalue weighted by atomic mass is 10.0. The van der Waals surface area contributed by atoms with E-state index in [1.807, 2.05) is 0 Å². The number of hydrogen-bond acceptors (Lipinski definition) is 6.